The van der Waals surface area contributed by atoms with E-state index in [0.717, 1.165) is 5.65 Å². The van der Waals surface area contributed by atoms with Crippen LogP contribution in [0.2, 0.25) is 0 Å². The van der Waals surface area contributed by atoms with Gasteiger partial charge in [-0.2, -0.15) is 0 Å². The molecule has 80 valence electrons. The van der Waals surface area contributed by atoms with E-state index in [9.17, 15) is 4.79 Å². The van der Waals surface area contributed by atoms with Crippen LogP contribution in [-0.2, 0) is 5.54 Å². The number of aromatic amines is 1. The highest BCUT2D eigenvalue weighted by molar-refractivity contribution is 5.75. The Kier molecular flexibility index (Phi) is 1.96. The van der Waals surface area contributed by atoms with Crippen LogP contribution < -0.4 is 5.56 Å². The van der Waals surface area contributed by atoms with Gasteiger partial charge in [-0.1, -0.05) is 0 Å². The topological polar surface area (TPSA) is 50.7 Å². The molecule has 0 saturated carbocycles. The van der Waals surface area contributed by atoms with Gasteiger partial charge in [0, 0.05) is 11.7 Å². The molecule has 0 radical (unpaired) electrons. The van der Waals surface area contributed by atoms with Crippen LogP contribution in [0.1, 0.15) is 26.6 Å². The molecule has 4 nitrogen and oxygen atoms in total. The van der Waals surface area contributed by atoms with Gasteiger partial charge in [-0.3, -0.25) is 4.79 Å². The molecule has 15 heavy (non-hydrogen) atoms. The van der Waals surface area contributed by atoms with Gasteiger partial charge in [-0.15, -0.1) is 0 Å². The normalized spacial score (nSPS) is 12.3. The molecule has 0 amide bonds. The number of fused-ring (bicyclic) bond motifs is 1. The van der Waals surface area contributed by atoms with E-state index in [2.05, 4.69) is 30.7 Å². The monoisotopic (exact) mass is 205 g/mol. The maximum atomic E-state index is 11.6. The highest BCUT2D eigenvalue weighted by Gasteiger charge is 2.17. The van der Waals surface area contributed by atoms with Crippen molar-refractivity contribution in [1.29, 1.82) is 0 Å². The van der Waals surface area contributed by atoms with Crippen molar-refractivity contribution in [3.63, 3.8) is 0 Å². The molecule has 2 rings (SSSR count). The van der Waals surface area contributed by atoms with Crippen molar-refractivity contribution in [2.75, 3.05) is 0 Å². The van der Waals surface area contributed by atoms with E-state index in [1.165, 1.54) is 0 Å². The Morgan fingerprint density at radius 3 is 2.67 bits per heavy atom. The first-order chi connectivity index (χ1) is 6.89. The molecule has 0 unspecified atom stereocenters. The SMILES string of the molecule is Cc1nc2c(ccn2C(C)(C)C)c(=O)[nH]1. The lowest BCUT2D eigenvalue weighted by Gasteiger charge is -2.21. The van der Waals surface area contributed by atoms with Crippen molar-refractivity contribution in [3.05, 3.63) is 28.4 Å². The van der Waals surface area contributed by atoms with Gasteiger partial charge in [-0.05, 0) is 33.8 Å². The minimum absolute atomic E-state index is 0.0605. The lowest BCUT2D eigenvalue weighted by molar-refractivity contribution is 0.408. The first kappa shape index (κ1) is 9.96. The number of nitrogens with one attached hydrogen (secondary N) is 1. The van der Waals surface area contributed by atoms with Gasteiger partial charge in [0.1, 0.15) is 11.5 Å². The van der Waals surface area contributed by atoms with Gasteiger partial charge in [0.25, 0.3) is 5.56 Å². The standard InChI is InChI=1S/C11H15N3O/c1-7-12-9-8(10(15)13-7)5-6-14(9)11(2,3)4/h5-6H,1-4H3,(H,12,13,15). The Hall–Kier alpha value is -1.58. The number of aryl methyl sites for hydroxylation is 1. The Morgan fingerprint density at radius 2 is 2.07 bits per heavy atom. The summed E-state index contributed by atoms with van der Waals surface area (Å²) in [6, 6.07) is 1.81. The third-order valence-electron chi connectivity index (χ3n) is 2.39. The predicted molar refractivity (Wildman–Crippen MR) is 60.1 cm³/mol. The van der Waals surface area contributed by atoms with Crippen LogP contribution in [0.25, 0.3) is 11.0 Å². The molecule has 0 aromatic carbocycles. The Balaban J connectivity index is 2.86. The number of H-pyrrole nitrogens is 1. The second kappa shape index (κ2) is 2.95. The van der Waals surface area contributed by atoms with E-state index in [4.69, 9.17) is 0 Å². The fourth-order valence-corrected chi connectivity index (χ4v) is 1.68. The third kappa shape index (κ3) is 1.56. The van der Waals surface area contributed by atoms with E-state index in [1.807, 2.05) is 16.8 Å². The van der Waals surface area contributed by atoms with Crippen LogP contribution in [0.15, 0.2) is 17.1 Å². The summed E-state index contributed by atoms with van der Waals surface area (Å²) in [7, 11) is 0. The van der Waals surface area contributed by atoms with E-state index < -0.39 is 0 Å². The summed E-state index contributed by atoms with van der Waals surface area (Å²) in [6.45, 7) is 8.06. The molecule has 0 fully saturated rings. The molecule has 0 atom stereocenters. The molecule has 0 bridgehead atoms. The summed E-state index contributed by atoms with van der Waals surface area (Å²) in [5.74, 6) is 0.650. The second-order valence-corrected chi connectivity index (χ2v) is 4.75. The third-order valence-corrected chi connectivity index (χ3v) is 2.39. The molecule has 1 N–H and O–H groups in total. The molecule has 2 heterocycles. The highest BCUT2D eigenvalue weighted by Crippen LogP contribution is 2.19. The molecule has 2 aromatic heterocycles. The Morgan fingerprint density at radius 1 is 1.40 bits per heavy atom. The predicted octanol–water partition coefficient (Wildman–Crippen LogP) is 1.79. The van der Waals surface area contributed by atoms with Gasteiger partial charge in [-0.25, -0.2) is 4.98 Å². The van der Waals surface area contributed by atoms with Crippen LogP contribution in [0, 0.1) is 6.92 Å². The summed E-state index contributed by atoms with van der Waals surface area (Å²) < 4.78 is 2.02. The van der Waals surface area contributed by atoms with Crippen molar-refractivity contribution in [2.24, 2.45) is 0 Å². The molecule has 2 aromatic rings. The molecule has 0 saturated heterocycles. The van der Waals surface area contributed by atoms with E-state index in [1.54, 1.807) is 6.92 Å². The van der Waals surface area contributed by atoms with Gasteiger partial charge in [0.2, 0.25) is 0 Å². The average Bonchev–Trinajstić information content (AvgIpc) is 2.45. The highest BCUT2D eigenvalue weighted by atomic mass is 16.1. The van der Waals surface area contributed by atoms with Crippen molar-refractivity contribution in [1.82, 2.24) is 14.5 Å². The van der Waals surface area contributed by atoms with Gasteiger partial charge < -0.3 is 9.55 Å². The summed E-state index contributed by atoms with van der Waals surface area (Å²) in [5, 5.41) is 0.649. The number of rotatable bonds is 0. The minimum atomic E-state index is -0.0690. The minimum Gasteiger partial charge on any atom is -0.327 e. The van der Waals surface area contributed by atoms with Crippen LogP contribution in [0.4, 0.5) is 0 Å². The van der Waals surface area contributed by atoms with Gasteiger partial charge in [0.05, 0.1) is 5.39 Å². The summed E-state index contributed by atoms with van der Waals surface area (Å²) in [6.07, 6.45) is 1.91. The molecule has 0 aliphatic carbocycles. The molecule has 0 aliphatic heterocycles. The van der Waals surface area contributed by atoms with E-state index in [0.29, 0.717) is 11.2 Å². The van der Waals surface area contributed by atoms with Crippen LogP contribution in [0.3, 0.4) is 0 Å². The fourth-order valence-electron chi connectivity index (χ4n) is 1.68. The lowest BCUT2D eigenvalue weighted by atomic mass is 10.1. The van der Waals surface area contributed by atoms with E-state index in [-0.39, 0.29) is 11.1 Å². The zero-order valence-electron chi connectivity index (χ0n) is 9.46. The van der Waals surface area contributed by atoms with Crippen LogP contribution in [-0.4, -0.2) is 14.5 Å². The zero-order valence-corrected chi connectivity index (χ0v) is 9.46. The largest absolute Gasteiger partial charge is 0.327 e. The lowest BCUT2D eigenvalue weighted by Crippen LogP contribution is -2.22. The van der Waals surface area contributed by atoms with Crippen molar-refractivity contribution in [2.45, 2.75) is 33.2 Å². The smallest absolute Gasteiger partial charge is 0.260 e. The molecule has 0 spiro atoms. The van der Waals surface area contributed by atoms with Gasteiger partial charge in [0.15, 0.2) is 0 Å². The molecule has 0 aliphatic rings. The zero-order chi connectivity index (χ0) is 11.2. The van der Waals surface area contributed by atoms with Crippen LogP contribution >= 0.6 is 0 Å². The quantitative estimate of drug-likeness (QED) is 0.712. The number of nitrogens with zero attached hydrogens (tertiary/aromatic N) is 2. The first-order valence-electron chi connectivity index (χ1n) is 4.98. The number of hydrogen-bond acceptors (Lipinski definition) is 2. The molecular formula is C11H15N3O. The number of hydrogen-bond donors (Lipinski definition) is 1. The maximum absolute atomic E-state index is 11.6. The summed E-state index contributed by atoms with van der Waals surface area (Å²) in [5.41, 5.74) is 0.624. The Bertz CT molecular complexity index is 557. The maximum Gasteiger partial charge on any atom is 0.260 e. The van der Waals surface area contributed by atoms with E-state index >= 15 is 0 Å². The summed E-state index contributed by atoms with van der Waals surface area (Å²) >= 11 is 0. The van der Waals surface area contributed by atoms with Crippen molar-refractivity contribution in [3.8, 4) is 0 Å². The molecule has 4 heteroatoms. The summed E-state index contributed by atoms with van der Waals surface area (Å²) in [4.78, 5) is 18.7. The average molecular weight is 205 g/mol. The van der Waals surface area contributed by atoms with Gasteiger partial charge >= 0.3 is 0 Å². The van der Waals surface area contributed by atoms with Crippen molar-refractivity contribution >= 4 is 11.0 Å². The fraction of sp³-hybridized carbons (Fsp3) is 0.455. The first-order valence-corrected chi connectivity index (χ1v) is 4.98. The van der Waals surface area contributed by atoms with Crippen molar-refractivity contribution < 1.29 is 0 Å². The second-order valence-electron chi connectivity index (χ2n) is 4.75. The Labute approximate surface area is 88.0 Å². The molecular weight excluding hydrogens is 190 g/mol. The van der Waals surface area contributed by atoms with Crippen LogP contribution in [0.5, 0.6) is 0 Å². The number of aromatic nitrogens is 3.